The van der Waals surface area contributed by atoms with Crippen molar-refractivity contribution in [1.29, 1.82) is 0 Å². The second-order valence-electron chi connectivity index (χ2n) is 7.95. The maximum Gasteiger partial charge on any atom is 0.338 e. The van der Waals surface area contributed by atoms with Crippen LogP contribution >= 0.6 is 49.9 Å². The second-order valence-corrected chi connectivity index (χ2v) is 11.0. The molecule has 2 heterocycles. The Balaban J connectivity index is 1.97. The number of esters is 1. The summed E-state index contributed by atoms with van der Waals surface area (Å²) in [5.74, 6) is 0.259. The van der Waals surface area contributed by atoms with Gasteiger partial charge in [-0.1, -0.05) is 57.1 Å². The number of ether oxygens (including phenoxy) is 2. The molecule has 0 saturated heterocycles. The van der Waals surface area contributed by atoms with Gasteiger partial charge in [0.2, 0.25) is 0 Å². The second kappa shape index (κ2) is 10.8. The quantitative estimate of drug-likeness (QED) is 0.278. The number of allylic oxidation sites excluding steroid dienone is 1. The minimum Gasteiger partial charge on any atom is -0.492 e. The van der Waals surface area contributed by atoms with E-state index in [0.717, 1.165) is 30.5 Å². The summed E-state index contributed by atoms with van der Waals surface area (Å²) in [5.41, 5.74) is 3.42. The zero-order valence-electron chi connectivity index (χ0n) is 19.7. The van der Waals surface area contributed by atoms with Gasteiger partial charge in [-0.3, -0.25) is 9.36 Å². The van der Waals surface area contributed by atoms with Crippen molar-refractivity contribution < 1.29 is 14.3 Å². The molecule has 0 spiro atoms. The molecule has 182 valence electrons. The first-order valence-corrected chi connectivity index (χ1v) is 13.8. The van der Waals surface area contributed by atoms with Gasteiger partial charge in [-0.2, -0.15) is 0 Å². The highest BCUT2D eigenvalue weighted by molar-refractivity contribution is 14.1. The zero-order valence-corrected chi connectivity index (χ0v) is 24.3. The summed E-state index contributed by atoms with van der Waals surface area (Å²) in [4.78, 5) is 32.0. The van der Waals surface area contributed by atoms with E-state index in [-0.39, 0.29) is 12.2 Å². The third-order valence-electron chi connectivity index (χ3n) is 5.52. The average molecular weight is 667 g/mol. The van der Waals surface area contributed by atoms with E-state index in [2.05, 4.69) is 43.5 Å². The molecule has 9 heteroatoms. The smallest absolute Gasteiger partial charge is 0.338 e. The summed E-state index contributed by atoms with van der Waals surface area (Å²) in [6, 6.07) is 11.1. The molecule has 0 radical (unpaired) electrons. The minimum absolute atomic E-state index is 0.217. The number of halogens is 2. The zero-order chi connectivity index (χ0) is 25.3. The Morgan fingerprint density at radius 2 is 1.91 bits per heavy atom. The molecular formula is C26H24BrIN2O4S. The molecule has 4 rings (SSSR count). The van der Waals surface area contributed by atoms with E-state index in [4.69, 9.17) is 9.47 Å². The van der Waals surface area contributed by atoms with Crippen LogP contribution in [0.3, 0.4) is 0 Å². The number of aromatic nitrogens is 1. The van der Waals surface area contributed by atoms with Crippen molar-refractivity contribution in [2.24, 2.45) is 4.99 Å². The Hall–Kier alpha value is -2.24. The molecule has 1 atom stereocenters. The van der Waals surface area contributed by atoms with Gasteiger partial charge in [-0.15, -0.1) is 0 Å². The first kappa shape index (κ1) is 25.8. The van der Waals surface area contributed by atoms with E-state index >= 15 is 0 Å². The third kappa shape index (κ3) is 5.17. The highest BCUT2D eigenvalue weighted by Crippen LogP contribution is 2.32. The SMILES string of the molecule is CCOC(=O)C1=C(C)N=c2s/c(=C\c3cc(Br)cc(I)c3OCC)c(=O)n2[C@@H]1c1ccc(C)cc1. The van der Waals surface area contributed by atoms with E-state index in [1.807, 2.05) is 56.3 Å². The molecule has 6 nitrogen and oxygen atoms in total. The summed E-state index contributed by atoms with van der Waals surface area (Å²) < 4.78 is 15.2. The fraction of sp³-hybridized carbons (Fsp3) is 0.269. The fourth-order valence-electron chi connectivity index (χ4n) is 3.98. The molecule has 0 unspecified atom stereocenters. The molecule has 1 aliphatic rings. The predicted octanol–water partition coefficient (Wildman–Crippen LogP) is 4.87. The predicted molar refractivity (Wildman–Crippen MR) is 150 cm³/mol. The molecule has 0 bridgehead atoms. The molecule has 3 aromatic rings. The number of nitrogens with zero attached hydrogens (tertiary/aromatic N) is 2. The van der Waals surface area contributed by atoms with E-state index in [1.54, 1.807) is 18.4 Å². The van der Waals surface area contributed by atoms with Gasteiger partial charge in [0.1, 0.15) is 5.75 Å². The summed E-state index contributed by atoms with van der Waals surface area (Å²) in [5, 5.41) is 0. The van der Waals surface area contributed by atoms with Gasteiger partial charge in [0.15, 0.2) is 4.80 Å². The molecule has 0 N–H and O–H groups in total. The van der Waals surface area contributed by atoms with Crippen LogP contribution < -0.4 is 19.6 Å². The number of hydrogen-bond acceptors (Lipinski definition) is 6. The van der Waals surface area contributed by atoms with Gasteiger partial charge in [0.25, 0.3) is 5.56 Å². The number of rotatable bonds is 6. The normalized spacial score (nSPS) is 15.6. The van der Waals surface area contributed by atoms with Gasteiger partial charge >= 0.3 is 5.97 Å². The lowest BCUT2D eigenvalue weighted by Gasteiger charge is -2.24. The van der Waals surface area contributed by atoms with Crippen molar-refractivity contribution in [2.45, 2.75) is 33.7 Å². The standard InChI is InChI=1S/C26H24BrIN2O4S/c1-5-33-23-17(11-18(27)13-19(23)28)12-20-24(31)30-22(16-9-7-14(3)8-10-16)21(25(32)34-6-2)15(4)29-26(30)35-20/h7-13,22H,5-6H2,1-4H3/b20-12-/t22-/m1/s1. The average Bonchev–Trinajstić information content (AvgIpc) is 3.10. The van der Waals surface area contributed by atoms with Gasteiger partial charge < -0.3 is 9.47 Å². The van der Waals surface area contributed by atoms with E-state index in [9.17, 15) is 9.59 Å². The Morgan fingerprint density at radius 3 is 2.57 bits per heavy atom. The summed E-state index contributed by atoms with van der Waals surface area (Å²) >= 11 is 7.06. The molecule has 0 fully saturated rings. The number of carbonyl (C=O) groups excluding carboxylic acids is 1. The van der Waals surface area contributed by atoms with Crippen LogP contribution in [0.4, 0.5) is 0 Å². The molecule has 2 aromatic carbocycles. The lowest BCUT2D eigenvalue weighted by atomic mass is 9.95. The monoisotopic (exact) mass is 666 g/mol. The molecule has 1 aliphatic heterocycles. The Labute approximate surface area is 229 Å². The van der Waals surface area contributed by atoms with Crippen molar-refractivity contribution >= 4 is 61.9 Å². The van der Waals surface area contributed by atoms with Crippen molar-refractivity contribution in [3.8, 4) is 5.75 Å². The van der Waals surface area contributed by atoms with Crippen LogP contribution in [0.1, 0.15) is 43.5 Å². The maximum atomic E-state index is 13.8. The number of carbonyl (C=O) groups is 1. The molecule has 0 saturated carbocycles. The van der Waals surface area contributed by atoms with Crippen LogP contribution in [0.5, 0.6) is 5.75 Å². The molecular weight excluding hydrogens is 643 g/mol. The summed E-state index contributed by atoms with van der Waals surface area (Å²) in [7, 11) is 0. The van der Waals surface area contributed by atoms with Crippen LogP contribution in [0.2, 0.25) is 0 Å². The van der Waals surface area contributed by atoms with Gasteiger partial charge in [0.05, 0.1) is 38.6 Å². The number of benzene rings is 2. The largest absolute Gasteiger partial charge is 0.492 e. The van der Waals surface area contributed by atoms with E-state index in [1.165, 1.54) is 11.3 Å². The van der Waals surface area contributed by atoms with Crippen molar-refractivity contribution in [3.05, 3.63) is 92.1 Å². The fourth-order valence-corrected chi connectivity index (χ4v) is 6.72. The maximum absolute atomic E-state index is 13.8. The summed E-state index contributed by atoms with van der Waals surface area (Å²) in [6.45, 7) is 8.22. The summed E-state index contributed by atoms with van der Waals surface area (Å²) in [6.07, 6.45) is 1.83. The first-order chi connectivity index (χ1) is 16.7. The van der Waals surface area contributed by atoms with Crippen LogP contribution in [-0.4, -0.2) is 23.8 Å². The van der Waals surface area contributed by atoms with Crippen LogP contribution in [0.25, 0.3) is 6.08 Å². The number of fused-ring (bicyclic) bond motifs is 1. The lowest BCUT2D eigenvalue weighted by Crippen LogP contribution is -2.39. The third-order valence-corrected chi connectivity index (χ3v) is 7.76. The Bertz CT molecular complexity index is 1510. The molecule has 35 heavy (non-hydrogen) atoms. The van der Waals surface area contributed by atoms with Crippen LogP contribution in [-0.2, 0) is 9.53 Å². The van der Waals surface area contributed by atoms with Crippen LogP contribution in [0, 0.1) is 10.5 Å². The highest BCUT2D eigenvalue weighted by Gasteiger charge is 2.33. The lowest BCUT2D eigenvalue weighted by molar-refractivity contribution is -0.139. The number of thiazole rings is 1. The van der Waals surface area contributed by atoms with Gasteiger partial charge in [-0.25, -0.2) is 9.79 Å². The topological polar surface area (TPSA) is 69.9 Å². The van der Waals surface area contributed by atoms with Crippen LogP contribution in [0.15, 0.2) is 61.9 Å². The number of aryl methyl sites for hydroxylation is 1. The van der Waals surface area contributed by atoms with Crippen molar-refractivity contribution in [1.82, 2.24) is 4.57 Å². The first-order valence-electron chi connectivity index (χ1n) is 11.1. The Morgan fingerprint density at radius 1 is 1.20 bits per heavy atom. The van der Waals surface area contributed by atoms with Gasteiger partial charge in [0, 0.05) is 10.0 Å². The Kier molecular flexibility index (Phi) is 7.97. The van der Waals surface area contributed by atoms with E-state index < -0.39 is 12.0 Å². The molecule has 1 aromatic heterocycles. The highest BCUT2D eigenvalue weighted by atomic mass is 127. The molecule has 0 aliphatic carbocycles. The molecule has 0 amide bonds. The van der Waals surface area contributed by atoms with Crippen molar-refractivity contribution in [3.63, 3.8) is 0 Å². The minimum atomic E-state index is -0.623. The van der Waals surface area contributed by atoms with E-state index in [0.29, 0.717) is 27.2 Å². The number of hydrogen-bond donors (Lipinski definition) is 0. The van der Waals surface area contributed by atoms with Gasteiger partial charge in [-0.05, 0) is 74.1 Å². The van der Waals surface area contributed by atoms with Crippen molar-refractivity contribution in [2.75, 3.05) is 13.2 Å².